The number of nitrogens with zero attached hydrogens (tertiary/aromatic N) is 5. The third-order valence-corrected chi connectivity index (χ3v) is 6.19. The number of fused-ring (bicyclic) bond motifs is 2. The van der Waals surface area contributed by atoms with Gasteiger partial charge in [0.2, 0.25) is 0 Å². The average Bonchev–Trinajstić information content (AvgIpc) is 3.32. The fourth-order valence-corrected chi connectivity index (χ4v) is 4.61. The highest BCUT2D eigenvalue weighted by molar-refractivity contribution is 5.94. The van der Waals surface area contributed by atoms with E-state index < -0.39 is 0 Å². The molecule has 4 aromatic heterocycles. The van der Waals surface area contributed by atoms with Gasteiger partial charge in [0.05, 0.1) is 34.6 Å². The van der Waals surface area contributed by atoms with Crippen LogP contribution >= 0.6 is 0 Å². The molecule has 0 amide bonds. The van der Waals surface area contributed by atoms with Gasteiger partial charge in [-0.25, -0.2) is 9.97 Å². The summed E-state index contributed by atoms with van der Waals surface area (Å²) in [5.41, 5.74) is 10.3. The number of rotatable bonds is 5. The Morgan fingerprint density at radius 1 is 0.763 bits per heavy atom. The van der Waals surface area contributed by atoms with Crippen molar-refractivity contribution in [3.05, 3.63) is 95.6 Å². The molecule has 0 saturated heterocycles. The van der Waals surface area contributed by atoms with Crippen molar-refractivity contribution < 1.29 is 0 Å². The highest BCUT2D eigenvalue weighted by atomic mass is 15.0. The third kappa shape index (κ3) is 4.61. The average molecular weight is 497 g/mol. The molecule has 2 aromatic carbocycles. The fourth-order valence-electron chi connectivity index (χ4n) is 4.61. The summed E-state index contributed by atoms with van der Waals surface area (Å²) in [6, 6.07) is 23.8. The molecule has 0 aliphatic rings. The first kappa shape index (κ1) is 23.1. The second-order valence-corrected chi connectivity index (χ2v) is 9.30. The minimum atomic E-state index is 0.595. The van der Waals surface area contributed by atoms with Gasteiger partial charge in [-0.05, 0) is 75.4 Å². The minimum Gasteiger partial charge on any atom is -0.355 e. The lowest BCUT2D eigenvalue weighted by Gasteiger charge is -2.12. The van der Waals surface area contributed by atoms with Crippen LogP contribution in [0.1, 0.15) is 22.6 Å². The molecular formula is C30H24N8. The second-order valence-electron chi connectivity index (χ2n) is 9.30. The Hall–Kier alpha value is -5.29. The maximum absolute atomic E-state index is 9.35. The highest BCUT2D eigenvalue weighted by Gasteiger charge is 2.10. The summed E-state index contributed by atoms with van der Waals surface area (Å²) >= 11 is 0. The molecule has 0 radical (unpaired) electrons. The number of aromatic amines is 1. The number of aromatic nitrogens is 5. The normalized spacial score (nSPS) is 11.0. The predicted octanol–water partition coefficient (Wildman–Crippen LogP) is 6.85. The number of nitriles is 1. The SMILES string of the molecule is Cc1cc(Nc2cnc3nc(-c4cccc(Nc5cc(C)nc6ccc(C#N)cc56)c4)[nH]c3c2)cc(C)n1. The summed E-state index contributed by atoms with van der Waals surface area (Å²) in [7, 11) is 0. The van der Waals surface area contributed by atoms with Crippen LogP contribution < -0.4 is 10.6 Å². The molecule has 184 valence electrons. The van der Waals surface area contributed by atoms with Crippen molar-refractivity contribution in [3.8, 4) is 17.5 Å². The van der Waals surface area contributed by atoms with E-state index in [-0.39, 0.29) is 0 Å². The van der Waals surface area contributed by atoms with E-state index in [4.69, 9.17) is 4.98 Å². The molecule has 0 aliphatic carbocycles. The number of aryl methyl sites for hydroxylation is 3. The van der Waals surface area contributed by atoms with Gasteiger partial charge in [-0.2, -0.15) is 5.26 Å². The number of hydrogen-bond donors (Lipinski definition) is 3. The van der Waals surface area contributed by atoms with Crippen molar-refractivity contribution in [1.82, 2.24) is 24.9 Å². The van der Waals surface area contributed by atoms with Gasteiger partial charge in [0.1, 0.15) is 5.82 Å². The smallest absolute Gasteiger partial charge is 0.178 e. The van der Waals surface area contributed by atoms with Crippen LogP contribution in [0.2, 0.25) is 0 Å². The molecule has 4 heterocycles. The van der Waals surface area contributed by atoms with Gasteiger partial charge in [0.15, 0.2) is 5.65 Å². The first-order valence-corrected chi connectivity index (χ1v) is 12.2. The summed E-state index contributed by atoms with van der Waals surface area (Å²) in [4.78, 5) is 21.7. The zero-order valence-electron chi connectivity index (χ0n) is 21.2. The Kier molecular flexibility index (Phi) is 5.66. The van der Waals surface area contributed by atoms with Gasteiger partial charge >= 0.3 is 0 Å². The first-order chi connectivity index (χ1) is 18.4. The van der Waals surface area contributed by atoms with Gasteiger partial charge in [-0.3, -0.25) is 9.97 Å². The van der Waals surface area contributed by atoms with Crippen LogP contribution in [0.5, 0.6) is 0 Å². The van der Waals surface area contributed by atoms with Crippen molar-refractivity contribution >= 4 is 44.8 Å². The molecule has 0 atom stereocenters. The number of hydrogen-bond acceptors (Lipinski definition) is 7. The molecule has 38 heavy (non-hydrogen) atoms. The summed E-state index contributed by atoms with van der Waals surface area (Å²) in [6.07, 6.45) is 1.78. The number of nitrogens with one attached hydrogen (secondary N) is 3. The van der Waals surface area contributed by atoms with Crippen LogP contribution in [0.25, 0.3) is 33.5 Å². The predicted molar refractivity (Wildman–Crippen MR) is 151 cm³/mol. The van der Waals surface area contributed by atoms with E-state index in [1.165, 1.54) is 0 Å². The largest absolute Gasteiger partial charge is 0.355 e. The van der Waals surface area contributed by atoms with E-state index in [0.29, 0.717) is 11.2 Å². The molecule has 6 rings (SSSR count). The quantitative estimate of drug-likeness (QED) is 0.239. The van der Waals surface area contributed by atoms with E-state index in [2.05, 4.69) is 36.6 Å². The van der Waals surface area contributed by atoms with Gasteiger partial charge in [0, 0.05) is 45.1 Å². The fraction of sp³-hybridized carbons (Fsp3) is 0.100. The van der Waals surface area contributed by atoms with E-state index >= 15 is 0 Å². The number of pyridine rings is 3. The van der Waals surface area contributed by atoms with Crippen LogP contribution in [0.3, 0.4) is 0 Å². The molecule has 0 bridgehead atoms. The Morgan fingerprint density at radius 3 is 2.39 bits per heavy atom. The van der Waals surface area contributed by atoms with Crippen LogP contribution in [-0.4, -0.2) is 24.9 Å². The lowest BCUT2D eigenvalue weighted by atomic mass is 10.1. The van der Waals surface area contributed by atoms with Gasteiger partial charge in [-0.1, -0.05) is 12.1 Å². The van der Waals surface area contributed by atoms with Crippen molar-refractivity contribution in [1.29, 1.82) is 5.26 Å². The molecular weight excluding hydrogens is 472 g/mol. The molecule has 0 saturated carbocycles. The van der Waals surface area contributed by atoms with Gasteiger partial charge in [-0.15, -0.1) is 0 Å². The number of imidazole rings is 1. The van der Waals surface area contributed by atoms with E-state index in [1.807, 2.05) is 81.4 Å². The van der Waals surface area contributed by atoms with Crippen LogP contribution in [0.15, 0.2) is 72.9 Å². The monoisotopic (exact) mass is 496 g/mol. The highest BCUT2D eigenvalue weighted by Crippen LogP contribution is 2.30. The summed E-state index contributed by atoms with van der Waals surface area (Å²) < 4.78 is 0. The summed E-state index contributed by atoms with van der Waals surface area (Å²) in [5, 5.41) is 17.2. The first-order valence-electron chi connectivity index (χ1n) is 12.2. The Bertz CT molecular complexity index is 1860. The van der Waals surface area contributed by atoms with Crippen LogP contribution in [0.4, 0.5) is 22.7 Å². The molecule has 8 nitrogen and oxygen atoms in total. The molecule has 0 fully saturated rings. The topological polar surface area (TPSA) is 115 Å². The van der Waals surface area contributed by atoms with E-state index in [0.717, 1.165) is 67.6 Å². The molecule has 8 heteroatoms. The molecule has 0 unspecified atom stereocenters. The minimum absolute atomic E-state index is 0.595. The zero-order chi connectivity index (χ0) is 26.2. The van der Waals surface area contributed by atoms with Crippen molar-refractivity contribution in [2.45, 2.75) is 20.8 Å². The molecule has 0 spiro atoms. The third-order valence-electron chi connectivity index (χ3n) is 6.19. The molecule has 6 aromatic rings. The summed E-state index contributed by atoms with van der Waals surface area (Å²) in [6.45, 7) is 5.91. The maximum atomic E-state index is 9.35. The number of benzene rings is 2. The lowest BCUT2D eigenvalue weighted by Crippen LogP contribution is -1.95. The lowest BCUT2D eigenvalue weighted by molar-refractivity contribution is 1.12. The second kappa shape index (κ2) is 9.30. The van der Waals surface area contributed by atoms with Crippen molar-refractivity contribution in [2.24, 2.45) is 0 Å². The standard InChI is InChI=1S/C30H24N8/c1-17-9-23(10-18(2)33-17)35-24-14-28-30(32-16-24)38-29(37-28)21-5-4-6-22(13-21)36-27-11-19(3)34-26-8-7-20(15-31)12-25(26)27/h4-14,16H,1-3H3,(H,33,35)(H,34,36)(H,32,37,38). The van der Waals surface area contributed by atoms with E-state index in [9.17, 15) is 5.26 Å². The van der Waals surface area contributed by atoms with Crippen LogP contribution in [-0.2, 0) is 0 Å². The Balaban J connectivity index is 1.30. The molecule has 3 N–H and O–H groups in total. The zero-order valence-corrected chi connectivity index (χ0v) is 21.2. The van der Waals surface area contributed by atoms with Gasteiger partial charge < -0.3 is 15.6 Å². The van der Waals surface area contributed by atoms with Gasteiger partial charge in [0.25, 0.3) is 0 Å². The van der Waals surface area contributed by atoms with Crippen molar-refractivity contribution in [3.63, 3.8) is 0 Å². The molecule has 0 aliphatic heterocycles. The van der Waals surface area contributed by atoms with Crippen LogP contribution in [0, 0.1) is 32.1 Å². The van der Waals surface area contributed by atoms with E-state index in [1.54, 1.807) is 12.3 Å². The summed E-state index contributed by atoms with van der Waals surface area (Å²) in [5.74, 6) is 0.728. The number of H-pyrrole nitrogens is 1. The number of anilines is 4. The van der Waals surface area contributed by atoms with Crippen molar-refractivity contribution in [2.75, 3.05) is 10.6 Å². The Labute approximate surface area is 219 Å². The Morgan fingerprint density at radius 2 is 1.58 bits per heavy atom. The maximum Gasteiger partial charge on any atom is 0.178 e.